The lowest BCUT2D eigenvalue weighted by molar-refractivity contribution is 0.166. The molecule has 2 fully saturated rings. The summed E-state index contributed by atoms with van der Waals surface area (Å²) < 4.78 is 34.3. The standard InChI is InChI=1S/C16H23N5O3S/c22-25(23,20-7-1-2-8-20)21-11-9-19(10-12-21)13-14-3-4-16(24-14)15-5-6-17-18-15/h3-6H,1-2,7-13H2,(H,17,18). The molecule has 0 amide bonds. The van der Waals surface area contributed by atoms with Crippen LogP contribution in [-0.2, 0) is 16.8 Å². The van der Waals surface area contributed by atoms with E-state index in [0.717, 1.165) is 30.1 Å². The van der Waals surface area contributed by atoms with Gasteiger partial charge < -0.3 is 4.42 Å². The van der Waals surface area contributed by atoms with Crippen LogP contribution in [0.15, 0.2) is 28.8 Å². The van der Waals surface area contributed by atoms with Crippen LogP contribution < -0.4 is 0 Å². The molecule has 2 aromatic rings. The maximum absolute atomic E-state index is 12.6. The highest BCUT2D eigenvalue weighted by molar-refractivity contribution is 7.86. The van der Waals surface area contributed by atoms with Gasteiger partial charge in [0, 0.05) is 45.5 Å². The molecule has 4 heterocycles. The number of nitrogens with one attached hydrogen (secondary N) is 1. The summed E-state index contributed by atoms with van der Waals surface area (Å²) in [5, 5.41) is 6.81. The first-order valence-electron chi connectivity index (χ1n) is 8.69. The molecule has 8 nitrogen and oxygen atoms in total. The van der Waals surface area contributed by atoms with Crippen LogP contribution in [-0.4, -0.2) is 71.4 Å². The van der Waals surface area contributed by atoms with E-state index in [0.29, 0.717) is 45.8 Å². The van der Waals surface area contributed by atoms with Crippen molar-refractivity contribution in [3.63, 3.8) is 0 Å². The van der Waals surface area contributed by atoms with Crippen molar-refractivity contribution in [2.24, 2.45) is 0 Å². The molecule has 0 aromatic carbocycles. The van der Waals surface area contributed by atoms with Gasteiger partial charge in [0.2, 0.25) is 0 Å². The van der Waals surface area contributed by atoms with Crippen LogP contribution in [0.4, 0.5) is 0 Å². The first kappa shape index (κ1) is 16.8. The van der Waals surface area contributed by atoms with Crippen molar-refractivity contribution in [1.29, 1.82) is 0 Å². The number of aromatic nitrogens is 2. The largest absolute Gasteiger partial charge is 0.458 e. The Kier molecular flexibility index (Phi) is 4.63. The van der Waals surface area contributed by atoms with Crippen LogP contribution >= 0.6 is 0 Å². The summed E-state index contributed by atoms with van der Waals surface area (Å²) in [7, 11) is -3.28. The molecule has 2 aromatic heterocycles. The number of piperazine rings is 1. The molecule has 0 bridgehead atoms. The summed E-state index contributed by atoms with van der Waals surface area (Å²) in [5.74, 6) is 1.64. The van der Waals surface area contributed by atoms with Gasteiger partial charge in [-0.3, -0.25) is 10.00 Å². The van der Waals surface area contributed by atoms with E-state index >= 15 is 0 Å². The van der Waals surface area contributed by atoms with Gasteiger partial charge in [0.05, 0.1) is 6.54 Å². The summed E-state index contributed by atoms with van der Waals surface area (Å²) in [4.78, 5) is 2.23. The van der Waals surface area contributed by atoms with E-state index in [1.807, 2.05) is 18.2 Å². The van der Waals surface area contributed by atoms with Crippen molar-refractivity contribution in [2.75, 3.05) is 39.3 Å². The topological polar surface area (TPSA) is 85.7 Å². The molecule has 9 heteroatoms. The number of hydrogen-bond acceptors (Lipinski definition) is 5. The molecule has 0 radical (unpaired) electrons. The molecule has 0 atom stereocenters. The maximum atomic E-state index is 12.6. The number of furan rings is 1. The van der Waals surface area contributed by atoms with Gasteiger partial charge in [0.1, 0.15) is 11.5 Å². The van der Waals surface area contributed by atoms with Crippen LogP contribution in [0.3, 0.4) is 0 Å². The monoisotopic (exact) mass is 365 g/mol. The van der Waals surface area contributed by atoms with Crippen molar-refractivity contribution in [2.45, 2.75) is 19.4 Å². The zero-order valence-corrected chi connectivity index (χ0v) is 14.9. The van der Waals surface area contributed by atoms with E-state index in [4.69, 9.17) is 4.42 Å². The summed E-state index contributed by atoms with van der Waals surface area (Å²) in [6.45, 7) is 4.50. The molecule has 25 heavy (non-hydrogen) atoms. The minimum absolute atomic E-state index is 0.535. The number of H-pyrrole nitrogens is 1. The van der Waals surface area contributed by atoms with Crippen LogP contribution in [0.1, 0.15) is 18.6 Å². The predicted octanol–water partition coefficient (Wildman–Crippen LogP) is 1.13. The summed E-state index contributed by atoms with van der Waals surface area (Å²) in [6.07, 6.45) is 3.63. The van der Waals surface area contributed by atoms with Gasteiger partial charge in [0.15, 0.2) is 5.76 Å². The van der Waals surface area contributed by atoms with Crippen molar-refractivity contribution in [3.8, 4) is 11.5 Å². The zero-order chi connectivity index (χ0) is 17.3. The second kappa shape index (κ2) is 6.91. The van der Waals surface area contributed by atoms with Crippen LogP contribution in [0.5, 0.6) is 0 Å². The minimum Gasteiger partial charge on any atom is -0.458 e. The zero-order valence-electron chi connectivity index (χ0n) is 14.1. The third-order valence-corrected chi connectivity index (χ3v) is 6.89. The highest BCUT2D eigenvalue weighted by Crippen LogP contribution is 2.22. The third kappa shape index (κ3) is 3.50. The molecule has 4 rings (SSSR count). The Balaban J connectivity index is 1.33. The number of rotatable bonds is 5. The van der Waals surface area contributed by atoms with E-state index < -0.39 is 10.2 Å². The second-order valence-corrected chi connectivity index (χ2v) is 8.45. The van der Waals surface area contributed by atoms with Crippen molar-refractivity contribution >= 4 is 10.2 Å². The quantitative estimate of drug-likeness (QED) is 0.858. The molecule has 0 aliphatic carbocycles. The van der Waals surface area contributed by atoms with E-state index in [1.54, 1.807) is 14.8 Å². The third-order valence-electron chi connectivity index (χ3n) is 4.86. The average Bonchev–Trinajstić information content (AvgIpc) is 3.37. The van der Waals surface area contributed by atoms with Gasteiger partial charge in [-0.1, -0.05) is 0 Å². The Morgan fingerprint density at radius 1 is 1.00 bits per heavy atom. The molecule has 1 N–H and O–H groups in total. The molecule has 0 spiro atoms. The lowest BCUT2D eigenvalue weighted by atomic mass is 10.3. The van der Waals surface area contributed by atoms with Crippen molar-refractivity contribution in [3.05, 3.63) is 30.2 Å². The first-order valence-corrected chi connectivity index (χ1v) is 10.1. The smallest absolute Gasteiger partial charge is 0.282 e. The first-order chi connectivity index (χ1) is 12.1. The molecular formula is C16H23N5O3S. The molecule has 2 aliphatic heterocycles. The average molecular weight is 365 g/mol. The summed E-state index contributed by atoms with van der Waals surface area (Å²) in [5.41, 5.74) is 0.854. The van der Waals surface area contributed by atoms with E-state index in [9.17, 15) is 8.42 Å². The molecule has 136 valence electrons. The predicted molar refractivity (Wildman–Crippen MR) is 92.9 cm³/mol. The number of nitrogens with zero attached hydrogens (tertiary/aromatic N) is 4. The van der Waals surface area contributed by atoms with Gasteiger partial charge in [-0.15, -0.1) is 0 Å². The highest BCUT2D eigenvalue weighted by Gasteiger charge is 2.33. The Morgan fingerprint density at radius 3 is 2.40 bits per heavy atom. The molecule has 0 saturated carbocycles. The Bertz CT molecular complexity index is 788. The number of hydrogen-bond donors (Lipinski definition) is 1. The Labute approximate surface area is 147 Å². The van der Waals surface area contributed by atoms with E-state index in [-0.39, 0.29) is 0 Å². The maximum Gasteiger partial charge on any atom is 0.282 e. The summed E-state index contributed by atoms with van der Waals surface area (Å²) >= 11 is 0. The number of aromatic amines is 1. The fraction of sp³-hybridized carbons (Fsp3) is 0.562. The van der Waals surface area contributed by atoms with Crippen molar-refractivity contribution < 1.29 is 12.8 Å². The normalized spacial score (nSPS) is 21.1. The Morgan fingerprint density at radius 2 is 1.72 bits per heavy atom. The fourth-order valence-corrected chi connectivity index (χ4v) is 5.09. The van der Waals surface area contributed by atoms with Gasteiger partial charge >= 0.3 is 0 Å². The van der Waals surface area contributed by atoms with Gasteiger partial charge in [-0.25, -0.2) is 0 Å². The second-order valence-electron chi connectivity index (χ2n) is 6.53. The highest BCUT2D eigenvalue weighted by atomic mass is 32.2. The molecule has 0 unspecified atom stereocenters. The Hall–Kier alpha value is -1.68. The lowest BCUT2D eigenvalue weighted by Gasteiger charge is -2.35. The van der Waals surface area contributed by atoms with E-state index in [1.165, 1.54) is 0 Å². The lowest BCUT2D eigenvalue weighted by Crippen LogP contribution is -2.52. The van der Waals surface area contributed by atoms with Crippen LogP contribution in [0.25, 0.3) is 11.5 Å². The molecule has 2 aliphatic rings. The van der Waals surface area contributed by atoms with Crippen LogP contribution in [0, 0.1) is 0 Å². The van der Waals surface area contributed by atoms with Crippen molar-refractivity contribution in [1.82, 2.24) is 23.7 Å². The van der Waals surface area contributed by atoms with Gasteiger partial charge in [-0.05, 0) is 31.0 Å². The van der Waals surface area contributed by atoms with Crippen LogP contribution in [0.2, 0.25) is 0 Å². The fourth-order valence-electron chi connectivity index (χ4n) is 3.42. The van der Waals surface area contributed by atoms with E-state index in [2.05, 4.69) is 15.1 Å². The SMILES string of the molecule is O=S(=O)(N1CCCC1)N1CCN(Cc2ccc(-c3ccn[nH]3)o2)CC1. The minimum atomic E-state index is -3.28. The van der Waals surface area contributed by atoms with Gasteiger partial charge in [-0.2, -0.15) is 22.1 Å². The summed E-state index contributed by atoms with van der Waals surface area (Å²) in [6, 6.07) is 5.76. The van der Waals surface area contributed by atoms with Gasteiger partial charge in [0.25, 0.3) is 10.2 Å². The molecule has 2 saturated heterocycles. The molecular weight excluding hydrogens is 342 g/mol.